The maximum atomic E-state index is 6.20. The van der Waals surface area contributed by atoms with Crippen LogP contribution in [0.4, 0.5) is 11.5 Å². The van der Waals surface area contributed by atoms with Gasteiger partial charge in [0.2, 0.25) is 0 Å². The molecule has 0 saturated heterocycles. The molecule has 3 aromatic heterocycles. The van der Waals surface area contributed by atoms with Crippen LogP contribution in [0.5, 0.6) is 0 Å². The number of aromatic nitrogens is 4. The lowest BCUT2D eigenvalue weighted by Gasteiger charge is -2.20. The third-order valence-corrected chi connectivity index (χ3v) is 6.47. The standard InChI is InChI=1S/C27H22ClN5/c1-17-7-6-10-23(29-17)32-16-15-22-18(2)30-27-24(26(22)32)25(19-11-13-20(28)14-12-19)31-33(27)21-8-4-3-5-9-21/h3-14H,15-16H2,1-2H3. The van der Waals surface area contributed by atoms with E-state index in [1.165, 1.54) is 5.56 Å². The van der Waals surface area contributed by atoms with Crippen LogP contribution in [0.3, 0.4) is 0 Å². The lowest BCUT2D eigenvalue weighted by atomic mass is 10.0. The van der Waals surface area contributed by atoms with Crippen LogP contribution in [0.25, 0.3) is 28.0 Å². The molecule has 0 N–H and O–H groups in total. The van der Waals surface area contributed by atoms with E-state index >= 15 is 0 Å². The van der Waals surface area contributed by atoms with Crippen molar-refractivity contribution >= 4 is 34.1 Å². The molecule has 0 amide bonds. The number of hydrogen-bond donors (Lipinski definition) is 0. The Hall–Kier alpha value is -3.70. The van der Waals surface area contributed by atoms with Crippen molar-refractivity contribution in [2.75, 3.05) is 11.4 Å². The lowest BCUT2D eigenvalue weighted by Crippen LogP contribution is -2.15. The summed E-state index contributed by atoms with van der Waals surface area (Å²) in [6.45, 7) is 4.99. The Morgan fingerprint density at radius 2 is 1.64 bits per heavy atom. The van der Waals surface area contributed by atoms with Gasteiger partial charge in [-0.05, 0) is 62.2 Å². The number of benzene rings is 2. The fourth-order valence-electron chi connectivity index (χ4n) is 4.68. The number of nitrogens with zero attached hydrogens (tertiary/aromatic N) is 5. The van der Waals surface area contributed by atoms with E-state index in [1.54, 1.807) is 0 Å². The fourth-order valence-corrected chi connectivity index (χ4v) is 4.80. The van der Waals surface area contributed by atoms with Crippen LogP contribution >= 0.6 is 11.6 Å². The number of para-hydroxylation sites is 1. The van der Waals surface area contributed by atoms with Gasteiger partial charge in [0.15, 0.2) is 5.65 Å². The quantitative estimate of drug-likeness (QED) is 0.316. The molecule has 162 valence electrons. The highest BCUT2D eigenvalue weighted by Gasteiger charge is 2.31. The number of halogens is 1. The minimum absolute atomic E-state index is 0.704. The largest absolute Gasteiger partial charge is 0.325 e. The summed E-state index contributed by atoms with van der Waals surface area (Å²) in [5.41, 5.74) is 8.18. The zero-order chi connectivity index (χ0) is 22.5. The predicted octanol–water partition coefficient (Wildman–Crippen LogP) is 6.45. The number of aryl methyl sites for hydroxylation is 2. The maximum absolute atomic E-state index is 6.20. The summed E-state index contributed by atoms with van der Waals surface area (Å²) >= 11 is 6.20. The normalized spacial score (nSPS) is 13.0. The van der Waals surface area contributed by atoms with E-state index in [0.717, 1.165) is 63.8 Å². The zero-order valence-corrected chi connectivity index (χ0v) is 19.2. The van der Waals surface area contributed by atoms with E-state index in [0.29, 0.717) is 5.02 Å². The predicted molar refractivity (Wildman–Crippen MR) is 134 cm³/mol. The molecule has 0 unspecified atom stereocenters. The zero-order valence-electron chi connectivity index (χ0n) is 18.5. The molecule has 6 heteroatoms. The van der Waals surface area contributed by atoms with Crippen LogP contribution in [0.15, 0.2) is 72.8 Å². The Morgan fingerprint density at radius 1 is 0.848 bits per heavy atom. The summed E-state index contributed by atoms with van der Waals surface area (Å²) < 4.78 is 1.95. The second kappa shape index (κ2) is 7.71. The molecule has 4 heterocycles. The SMILES string of the molecule is Cc1cccc(N2CCc3c(C)nc4c(c(-c5ccc(Cl)cc5)nn4-c4ccccc4)c32)n1. The molecule has 5 aromatic rings. The van der Waals surface area contributed by atoms with E-state index in [1.807, 2.05) is 60.1 Å². The Labute approximate surface area is 197 Å². The average Bonchev–Trinajstić information content (AvgIpc) is 3.43. The highest BCUT2D eigenvalue weighted by atomic mass is 35.5. The van der Waals surface area contributed by atoms with Crippen LogP contribution in [-0.4, -0.2) is 26.3 Å². The first kappa shape index (κ1) is 19.9. The topological polar surface area (TPSA) is 46.8 Å². The minimum atomic E-state index is 0.704. The molecule has 0 bridgehead atoms. The van der Waals surface area contributed by atoms with Gasteiger partial charge in [-0.2, -0.15) is 5.10 Å². The smallest absolute Gasteiger partial charge is 0.165 e. The maximum Gasteiger partial charge on any atom is 0.165 e. The number of pyridine rings is 2. The van der Waals surface area contributed by atoms with Gasteiger partial charge in [0.25, 0.3) is 0 Å². The monoisotopic (exact) mass is 451 g/mol. The molecule has 0 spiro atoms. The number of anilines is 2. The van der Waals surface area contributed by atoms with Crippen molar-refractivity contribution in [1.82, 2.24) is 19.7 Å². The van der Waals surface area contributed by atoms with Crippen molar-refractivity contribution in [3.63, 3.8) is 0 Å². The van der Waals surface area contributed by atoms with Crippen molar-refractivity contribution < 1.29 is 0 Å². The van der Waals surface area contributed by atoms with Gasteiger partial charge in [-0.15, -0.1) is 0 Å². The summed E-state index contributed by atoms with van der Waals surface area (Å²) in [5.74, 6) is 0.954. The molecule has 33 heavy (non-hydrogen) atoms. The highest BCUT2D eigenvalue weighted by molar-refractivity contribution is 6.30. The molecular weight excluding hydrogens is 430 g/mol. The first-order valence-corrected chi connectivity index (χ1v) is 11.4. The van der Waals surface area contributed by atoms with Gasteiger partial charge in [-0.1, -0.05) is 48.0 Å². The molecule has 1 aliphatic heterocycles. The molecule has 0 atom stereocenters. The Kier molecular flexibility index (Phi) is 4.66. The molecule has 6 rings (SSSR count). The molecule has 1 aliphatic rings. The van der Waals surface area contributed by atoms with Crippen LogP contribution in [0.2, 0.25) is 5.02 Å². The van der Waals surface area contributed by atoms with E-state index < -0.39 is 0 Å². The number of fused-ring (bicyclic) bond motifs is 3. The third kappa shape index (κ3) is 3.28. The summed E-state index contributed by atoms with van der Waals surface area (Å²) in [6, 6.07) is 24.2. The van der Waals surface area contributed by atoms with Gasteiger partial charge in [0.1, 0.15) is 11.5 Å². The lowest BCUT2D eigenvalue weighted by molar-refractivity contribution is 0.896. The second-order valence-corrected chi connectivity index (χ2v) is 8.80. The molecule has 0 saturated carbocycles. The summed E-state index contributed by atoms with van der Waals surface area (Å²) in [7, 11) is 0. The molecule has 2 aromatic carbocycles. The van der Waals surface area contributed by atoms with E-state index in [2.05, 4.69) is 36.1 Å². The van der Waals surface area contributed by atoms with Crippen molar-refractivity contribution in [2.24, 2.45) is 0 Å². The Balaban J connectivity index is 1.69. The number of rotatable bonds is 3. The van der Waals surface area contributed by atoms with Crippen LogP contribution in [0, 0.1) is 13.8 Å². The molecular formula is C27H22ClN5. The molecule has 0 fully saturated rings. The van der Waals surface area contributed by atoms with E-state index in [-0.39, 0.29) is 0 Å². The Morgan fingerprint density at radius 3 is 2.39 bits per heavy atom. The number of hydrogen-bond acceptors (Lipinski definition) is 4. The van der Waals surface area contributed by atoms with Gasteiger partial charge < -0.3 is 4.90 Å². The Bertz CT molecular complexity index is 1490. The fraction of sp³-hybridized carbons (Fsp3) is 0.148. The van der Waals surface area contributed by atoms with Gasteiger partial charge in [-0.3, -0.25) is 0 Å². The van der Waals surface area contributed by atoms with Crippen molar-refractivity contribution in [3.05, 3.63) is 94.8 Å². The summed E-state index contributed by atoms with van der Waals surface area (Å²) in [6.07, 6.45) is 0.927. The third-order valence-electron chi connectivity index (χ3n) is 6.22. The first-order chi connectivity index (χ1) is 16.1. The summed E-state index contributed by atoms with van der Waals surface area (Å²) in [5, 5.41) is 6.84. The summed E-state index contributed by atoms with van der Waals surface area (Å²) in [4.78, 5) is 12.2. The minimum Gasteiger partial charge on any atom is -0.325 e. The highest BCUT2D eigenvalue weighted by Crippen LogP contribution is 2.44. The average molecular weight is 452 g/mol. The van der Waals surface area contributed by atoms with Gasteiger partial charge in [0, 0.05) is 28.5 Å². The van der Waals surface area contributed by atoms with Crippen molar-refractivity contribution in [2.45, 2.75) is 20.3 Å². The van der Waals surface area contributed by atoms with Crippen LogP contribution in [-0.2, 0) is 6.42 Å². The molecule has 0 aliphatic carbocycles. The second-order valence-electron chi connectivity index (χ2n) is 8.36. The van der Waals surface area contributed by atoms with Gasteiger partial charge in [0.05, 0.1) is 16.8 Å². The van der Waals surface area contributed by atoms with E-state index in [4.69, 9.17) is 26.7 Å². The van der Waals surface area contributed by atoms with Gasteiger partial charge in [-0.25, -0.2) is 14.6 Å². The first-order valence-electron chi connectivity index (χ1n) is 11.0. The molecule has 0 radical (unpaired) electrons. The van der Waals surface area contributed by atoms with E-state index in [9.17, 15) is 0 Å². The van der Waals surface area contributed by atoms with Crippen LogP contribution < -0.4 is 4.90 Å². The van der Waals surface area contributed by atoms with Crippen LogP contribution in [0.1, 0.15) is 17.0 Å². The molecule has 5 nitrogen and oxygen atoms in total. The van der Waals surface area contributed by atoms with Gasteiger partial charge >= 0.3 is 0 Å². The van der Waals surface area contributed by atoms with Crippen molar-refractivity contribution in [3.8, 4) is 16.9 Å². The van der Waals surface area contributed by atoms with Crippen molar-refractivity contribution in [1.29, 1.82) is 0 Å².